The molecule has 6 heteroatoms. The molecule has 0 radical (unpaired) electrons. The monoisotopic (exact) mass is 297 g/mol. The van der Waals surface area contributed by atoms with Gasteiger partial charge in [0, 0.05) is 12.0 Å². The lowest BCUT2D eigenvalue weighted by Gasteiger charge is -2.39. The van der Waals surface area contributed by atoms with Crippen molar-refractivity contribution < 1.29 is 17.9 Å². The molecule has 1 aliphatic rings. The number of carbonyl (C=O) groups is 1. The zero-order valence-corrected chi connectivity index (χ0v) is 13.0. The highest BCUT2D eigenvalue weighted by Gasteiger charge is 2.36. The minimum absolute atomic E-state index is 0.0221. The van der Waals surface area contributed by atoms with Crippen LogP contribution < -0.4 is 9.04 Å². The Hall–Kier alpha value is -1.56. The Morgan fingerprint density at radius 2 is 2.05 bits per heavy atom. The summed E-state index contributed by atoms with van der Waals surface area (Å²) in [6, 6.07) is 4.93. The van der Waals surface area contributed by atoms with Crippen molar-refractivity contribution in [1.82, 2.24) is 0 Å². The van der Waals surface area contributed by atoms with E-state index in [9.17, 15) is 13.2 Å². The zero-order chi connectivity index (χ0) is 15.1. The molecule has 0 amide bonds. The Morgan fingerprint density at radius 1 is 1.40 bits per heavy atom. The van der Waals surface area contributed by atoms with Gasteiger partial charge in [0.15, 0.2) is 5.78 Å². The molecule has 0 saturated heterocycles. The fraction of sp³-hybridized carbons (Fsp3) is 0.500. The van der Waals surface area contributed by atoms with Crippen molar-refractivity contribution in [2.75, 3.05) is 17.1 Å². The second-order valence-electron chi connectivity index (χ2n) is 5.59. The van der Waals surface area contributed by atoms with E-state index in [2.05, 4.69) is 0 Å². The van der Waals surface area contributed by atoms with Crippen molar-refractivity contribution in [3.8, 4) is 5.75 Å². The molecule has 20 heavy (non-hydrogen) atoms. The van der Waals surface area contributed by atoms with Crippen LogP contribution in [-0.2, 0) is 10.0 Å². The molecule has 0 aromatic heterocycles. The van der Waals surface area contributed by atoms with Gasteiger partial charge in [-0.25, -0.2) is 8.42 Å². The third-order valence-corrected chi connectivity index (χ3v) is 4.31. The number of Topliss-reactive ketones (excluding diaryl/α,β-unsaturated/α-hetero) is 1. The summed E-state index contributed by atoms with van der Waals surface area (Å²) in [5.41, 5.74) is 0.334. The predicted octanol–water partition coefficient (Wildman–Crippen LogP) is 2.22. The van der Waals surface area contributed by atoms with Gasteiger partial charge < -0.3 is 4.74 Å². The summed E-state index contributed by atoms with van der Waals surface area (Å²) in [4.78, 5) is 11.8. The number of ether oxygens (including phenoxy) is 1. The Bertz CT molecular complexity index is 649. The maximum atomic E-state index is 12.0. The number of benzene rings is 1. The number of hydrogen-bond acceptors (Lipinski definition) is 4. The van der Waals surface area contributed by atoms with Crippen LogP contribution in [-0.4, -0.2) is 32.6 Å². The van der Waals surface area contributed by atoms with Crippen LogP contribution >= 0.6 is 0 Å². The van der Waals surface area contributed by atoms with Gasteiger partial charge in [0.1, 0.15) is 11.4 Å². The van der Waals surface area contributed by atoms with Gasteiger partial charge >= 0.3 is 0 Å². The number of carbonyl (C=O) groups excluding carboxylic acids is 1. The quantitative estimate of drug-likeness (QED) is 0.802. The first-order chi connectivity index (χ1) is 9.14. The molecule has 1 aromatic carbocycles. The number of sulfonamides is 1. The summed E-state index contributed by atoms with van der Waals surface area (Å²) < 4.78 is 31.0. The van der Waals surface area contributed by atoms with Crippen molar-refractivity contribution >= 4 is 21.5 Å². The van der Waals surface area contributed by atoms with Gasteiger partial charge in [-0.2, -0.15) is 0 Å². The average Bonchev–Trinajstić information content (AvgIpc) is 2.34. The number of hydrogen-bond donors (Lipinski definition) is 0. The molecule has 110 valence electrons. The van der Waals surface area contributed by atoms with Gasteiger partial charge in [0.2, 0.25) is 10.0 Å². The Balaban J connectivity index is 2.58. The number of anilines is 1. The lowest BCUT2D eigenvalue weighted by atomic mass is 10.0. The highest BCUT2D eigenvalue weighted by Crippen LogP contribution is 2.39. The smallest absolute Gasteiger partial charge is 0.232 e. The fourth-order valence-electron chi connectivity index (χ4n) is 2.23. The standard InChI is InChI=1S/C14H19NO4S/c1-5-12(16)10-6-7-13-11(8-10)15(20(4,17)18)9-14(2,3)19-13/h6-8H,5,9H2,1-4H3. The van der Waals surface area contributed by atoms with E-state index in [1.807, 2.05) is 13.8 Å². The predicted molar refractivity (Wildman–Crippen MR) is 78.0 cm³/mol. The zero-order valence-electron chi connectivity index (χ0n) is 12.1. The Morgan fingerprint density at radius 3 is 2.60 bits per heavy atom. The summed E-state index contributed by atoms with van der Waals surface area (Å²) in [5, 5.41) is 0. The lowest BCUT2D eigenvalue weighted by Crippen LogP contribution is -2.49. The molecule has 0 bridgehead atoms. The molecular weight excluding hydrogens is 278 g/mol. The fourth-order valence-corrected chi connectivity index (χ4v) is 3.28. The summed E-state index contributed by atoms with van der Waals surface area (Å²) in [5.74, 6) is 0.463. The highest BCUT2D eigenvalue weighted by molar-refractivity contribution is 7.92. The first-order valence-electron chi connectivity index (χ1n) is 6.48. The first-order valence-corrected chi connectivity index (χ1v) is 8.33. The number of rotatable bonds is 3. The number of nitrogens with zero attached hydrogens (tertiary/aromatic N) is 1. The van der Waals surface area contributed by atoms with Crippen LogP contribution in [0.15, 0.2) is 18.2 Å². The molecule has 0 saturated carbocycles. The van der Waals surface area contributed by atoms with E-state index in [-0.39, 0.29) is 12.3 Å². The summed E-state index contributed by atoms with van der Waals surface area (Å²) in [7, 11) is -3.42. The van der Waals surface area contributed by atoms with Crippen molar-refractivity contribution in [3.63, 3.8) is 0 Å². The van der Waals surface area contributed by atoms with Gasteiger partial charge in [-0.3, -0.25) is 9.10 Å². The van der Waals surface area contributed by atoms with E-state index < -0.39 is 15.6 Å². The van der Waals surface area contributed by atoms with E-state index in [1.54, 1.807) is 25.1 Å². The number of fused-ring (bicyclic) bond motifs is 1. The van der Waals surface area contributed by atoms with E-state index in [0.717, 1.165) is 6.26 Å². The van der Waals surface area contributed by atoms with Crippen molar-refractivity contribution in [3.05, 3.63) is 23.8 Å². The van der Waals surface area contributed by atoms with Gasteiger partial charge in [-0.1, -0.05) is 6.92 Å². The van der Waals surface area contributed by atoms with Gasteiger partial charge in [0.05, 0.1) is 18.5 Å². The second-order valence-corrected chi connectivity index (χ2v) is 7.50. The minimum Gasteiger partial charge on any atom is -0.484 e. The molecule has 1 aromatic rings. The maximum absolute atomic E-state index is 12.0. The lowest BCUT2D eigenvalue weighted by molar-refractivity contribution is 0.0987. The SMILES string of the molecule is CCC(=O)c1ccc2c(c1)N(S(C)(=O)=O)CC(C)(C)O2. The molecule has 0 spiro atoms. The third-order valence-electron chi connectivity index (χ3n) is 3.18. The summed E-state index contributed by atoms with van der Waals surface area (Å²) in [6.45, 7) is 5.66. The third kappa shape index (κ3) is 2.80. The molecule has 1 aliphatic heterocycles. The van der Waals surface area contributed by atoms with E-state index >= 15 is 0 Å². The van der Waals surface area contributed by atoms with E-state index in [0.29, 0.717) is 23.4 Å². The molecule has 0 N–H and O–H groups in total. The summed E-state index contributed by atoms with van der Waals surface area (Å²) in [6.07, 6.45) is 1.54. The van der Waals surface area contributed by atoms with E-state index in [1.165, 1.54) is 4.31 Å². The molecule has 0 atom stereocenters. The van der Waals surface area contributed by atoms with Crippen LogP contribution in [0.5, 0.6) is 5.75 Å². The molecule has 2 rings (SSSR count). The van der Waals surface area contributed by atoms with Crippen LogP contribution in [0.25, 0.3) is 0 Å². The molecule has 1 heterocycles. The normalized spacial score (nSPS) is 17.3. The Kier molecular flexibility index (Phi) is 3.54. The maximum Gasteiger partial charge on any atom is 0.232 e. The van der Waals surface area contributed by atoms with Crippen LogP contribution in [0.4, 0.5) is 5.69 Å². The van der Waals surface area contributed by atoms with Crippen LogP contribution in [0.2, 0.25) is 0 Å². The van der Waals surface area contributed by atoms with Crippen LogP contribution in [0.3, 0.4) is 0 Å². The van der Waals surface area contributed by atoms with Crippen LogP contribution in [0, 0.1) is 0 Å². The Labute approximate surface area is 119 Å². The minimum atomic E-state index is -3.42. The summed E-state index contributed by atoms with van der Waals surface area (Å²) >= 11 is 0. The first kappa shape index (κ1) is 14.8. The largest absolute Gasteiger partial charge is 0.484 e. The molecule has 0 aliphatic carbocycles. The van der Waals surface area contributed by atoms with Gasteiger partial charge in [0.25, 0.3) is 0 Å². The molecular formula is C14H19NO4S. The van der Waals surface area contributed by atoms with Crippen molar-refractivity contribution in [1.29, 1.82) is 0 Å². The van der Waals surface area contributed by atoms with Crippen molar-refractivity contribution in [2.24, 2.45) is 0 Å². The van der Waals surface area contributed by atoms with Crippen LogP contribution in [0.1, 0.15) is 37.6 Å². The topological polar surface area (TPSA) is 63.7 Å². The van der Waals surface area contributed by atoms with Gasteiger partial charge in [-0.05, 0) is 32.0 Å². The molecule has 5 nitrogen and oxygen atoms in total. The number of ketones is 1. The van der Waals surface area contributed by atoms with Crippen molar-refractivity contribution in [2.45, 2.75) is 32.8 Å². The van der Waals surface area contributed by atoms with Gasteiger partial charge in [-0.15, -0.1) is 0 Å². The van der Waals surface area contributed by atoms with E-state index in [4.69, 9.17) is 4.74 Å². The second kappa shape index (κ2) is 4.77. The highest BCUT2D eigenvalue weighted by atomic mass is 32.2. The molecule has 0 unspecified atom stereocenters. The average molecular weight is 297 g/mol. The molecule has 0 fully saturated rings.